The maximum Gasteiger partial charge on any atom is 0.204 e. The summed E-state index contributed by atoms with van der Waals surface area (Å²) in [5, 5.41) is 12.6. The second-order valence-corrected chi connectivity index (χ2v) is 7.89. The summed E-state index contributed by atoms with van der Waals surface area (Å²) < 4.78 is 25.7. The van der Waals surface area contributed by atoms with Crippen LogP contribution in [0.5, 0.6) is 0 Å². The summed E-state index contributed by atoms with van der Waals surface area (Å²) in [5.74, 6) is 0.816. The third-order valence-corrected chi connectivity index (χ3v) is 6.03. The van der Waals surface area contributed by atoms with Crippen LogP contribution in [0.4, 0.5) is 5.82 Å². The molecule has 0 saturated carbocycles. The first-order chi connectivity index (χ1) is 14.2. The molecule has 148 valence electrons. The molecule has 1 N–H and O–H groups in total. The van der Waals surface area contributed by atoms with Gasteiger partial charge in [-0.1, -0.05) is 12.1 Å². The maximum absolute atomic E-state index is 11.2. The number of aromatic amines is 1. The summed E-state index contributed by atoms with van der Waals surface area (Å²) in [6.45, 7) is 2.18. The number of nitrogens with one attached hydrogen (secondary N) is 1. The Morgan fingerprint density at radius 2 is 1.83 bits per heavy atom. The number of aromatic nitrogens is 5. The van der Waals surface area contributed by atoms with E-state index in [1.54, 1.807) is 12.4 Å². The number of nitrogens with zero attached hydrogens (tertiary/aromatic N) is 6. The smallest absolute Gasteiger partial charge is 0.204 e. The number of hydrogen-bond donors (Lipinski definition) is 2. The van der Waals surface area contributed by atoms with Crippen molar-refractivity contribution in [2.45, 2.75) is 0 Å². The fourth-order valence-electron chi connectivity index (χ4n) is 3.61. The Kier molecular flexibility index (Phi) is 4.49. The molecule has 3 aromatic heterocycles. The van der Waals surface area contributed by atoms with Crippen LogP contribution in [-0.4, -0.2) is 63.9 Å². The summed E-state index contributed by atoms with van der Waals surface area (Å²) in [6.07, 6.45) is 5.34. The third-order valence-electron chi connectivity index (χ3n) is 5.17. The molecule has 1 aliphatic rings. The lowest BCUT2D eigenvalue weighted by Crippen LogP contribution is -2.45. The molecule has 1 fully saturated rings. The number of benzene rings is 1. The molecule has 9 nitrogen and oxygen atoms in total. The third kappa shape index (κ3) is 3.36. The van der Waals surface area contributed by atoms with Crippen molar-refractivity contribution in [3.8, 4) is 16.9 Å². The van der Waals surface area contributed by atoms with Crippen LogP contribution in [0.1, 0.15) is 0 Å². The van der Waals surface area contributed by atoms with Gasteiger partial charge in [-0.15, -0.1) is 0 Å². The first kappa shape index (κ1) is 17.8. The Labute approximate surface area is 168 Å². The van der Waals surface area contributed by atoms with Crippen LogP contribution in [0.2, 0.25) is 0 Å². The van der Waals surface area contributed by atoms with Gasteiger partial charge in [0.1, 0.15) is 5.82 Å². The summed E-state index contributed by atoms with van der Waals surface area (Å²) in [6, 6.07) is 12.0. The first-order valence-electron chi connectivity index (χ1n) is 9.27. The van der Waals surface area contributed by atoms with Crippen LogP contribution in [0, 0.1) is 0 Å². The lowest BCUT2D eigenvalue weighted by atomic mass is 10.1. The molecule has 10 heteroatoms. The zero-order valence-corrected chi connectivity index (χ0v) is 16.4. The Bertz CT molecular complexity index is 1220. The minimum atomic E-state index is -2.52. The van der Waals surface area contributed by atoms with Gasteiger partial charge in [-0.3, -0.25) is 5.10 Å². The van der Waals surface area contributed by atoms with Gasteiger partial charge >= 0.3 is 0 Å². The number of pyridine rings is 1. The molecule has 1 aliphatic heterocycles. The number of hydrogen-bond acceptors (Lipinski definition) is 6. The fourth-order valence-corrected chi connectivity index (χ4v) is 4.11. The molecule has 1 saturated heterocycles. The van der Waals surface area contributed by atoms with E-state index in [0.717, 1.165) is 33.7 Å². The van der Waals surface area contributed by atoms with Crippen molar-refractivity contribution in [2.24, 2.45) is 0 Å². The predicted molar refractivity (Wildman–Crippen MR) is 111 cm³/mol. The van der Waals surface area contributed by atoms with Crippen molar-refractivity contribution in [1.82, 2.24) is 29.3 Å². The number of rotatable bonds is 4. The second kappa shape index (κ2) is 7.30. The summed E-state index contributed by atoms with van der Waals surface area (Å²) in [5.41, 5.74) is 3.88. The van der Waals surface area contributed by atoms with Crippen molar-refractivity contribution in [2.75, 3.05) is 31.1 Å². The van der Waals surface area contributed by atoms with E-state index in [2.05, 4.69) is 31.2 Å². The van der Waals surface area contributed by atoms with E-state index in [1.165, 1.54) is 4.31 Å². The van der Waals surface area contributed by atoms with Crippen LogP contribution in [-0.2, 0) is 10.9 Å². The Hall–Kier alpha value is -3.24. The van der Waals surface area contributed by atoms with Crippen molar-refractivity contribution in [1.29, 1.82) is 0 Å². The SMILES string of the molecule is O=[SH](=O)N1CCN(c2cc(-n3ncc4ccc(-c5ccn[nH]5)cc43)ccn2)CC1. The highest BCUT2D eigenvalue weighted by Crippen LogP contribution is 2.26. The van der Waals surface area contributed by atoms with Gasteiger partial charge in [0.15, 0.2) is 0 Å². The zero-order valence-electron chi connectivity index (χ0n) is 15.5. The van der Waals surface area contributed by atoms with E-state index in [4.69, 9.17) is 0 Å². The Morgan fingerprint density at radius 1 is 0.966 bits per heavy atom. The van der Waals surface area contributed by atoms with Crippen molar-refractivity contribution >= 4 is 27.6 Å². The zero-order chi connectivity index (χ0) is 19.8. The van der Waals surface area contributed by atoms with Crippen LogP contribution >= 0.6 is 0 Å². The molecule has 4 heterocycles. The molecule has 0 radical (unpaired) electrons. The molecule has 0 amide bonds. The summed E-state index contributed by atoms with van der Waals surface area (Å²) in [4.78, 5) is 6.58. The molecule has 0 bridgehead atoms. The second-order valence-electron chi connectivity index (χ2n) is 6.85. The highest BCUT2D eigenvalue weighted by molar-refractivity contribution is 7.69. The van der Waals surface area contributed by atoms with E-state index in [9.17, 15) is 8.42 Å². The van der Waals surface area contributed by atoms with Crippen molar-refractivity contribution in [3.63, 3.8) is 0 Å². The number of fused-ring (bicyclic) bond motifs is 1. The number of H-pyrrole nitrogens is 1. The molecule has 1 aromatic carbocycles. The molecular weight excluding hydrogens is 390 g/mol. The number of thiol groups is 1. The topological polar surface area (TPSA) is 100 Å². The van der Waals surface area contributed by atoms with E-state index < -0.39 is 10.9 Å². The molecular formula is C19H19N7O2S. The minimum absolute atomic E-state index is 0.475. The van der Waals surface area contributed by atoms with E-state index >= 15 is 0 Å². The number of piperazine rings is 1. The van der Waals surface area contributed by atoms with E-state index in [1.807, 2.05) is 41.2 Å². The van der Waals surface area contributed by atoms with Crippen LogP contribution < -0.4 is 4.90 Å². The maximum atomic E-state index is 11.2. The van der Waals surface area contributed by atoms with Gasteiger partial charge in [-0.25, -0.2) is 22.4 Å². The fraction of sp³-hybridized carbons (Fsp3) is 0.211. The number of anilines is 1. The van der Waals surface area contributed by atoms with Crippen molar-refractivity contribution in [3.05, 3.63) is 55.0 Å². The Balaban J connectivity index is 1.48. The van der Waals surface area contributed by atoms with Crippen LogP contribution in [0.15, 0.2) is 55.0 Å². The molecule has 0 unspecified atom stereocenters. The quantitative estimate of drug-likeness (QED) is 0.495. The first-order valence-corrected chi connectivity index (χ1v) is 10.4. The predicted octanol–water partition coefficient (Wildman–Crippen LogP) is 1.46. The van der Waals surface area contributed by atoms with Crippen molar-refractivity contribution < 1.29 is 8.42 Å². The molecule has 0 atom stereocenters. The molecule has 29 heavy (non-hydrogen) atoms. The average molecular weight is 409 g/mol. The Morgan fingerprint density at radius 3 is 2.59 bits per heavy atom. The lowest BCUT2D eigenvalue weighted by molar-refractivity contribution is 0.395. The van der Waals surface area contributed by atoms with Gasteiger partial charge in [-0.05, 0) is 18.2 Å². The van der Waals surface area contributed by atoms with Gasteiger partial charge < -0.3 is 4.90 Å². The van der Waals surface area contributed by atoms with Gasteiger partial charge in [0.05, 0.1) is 23.1 Å². The van der Waals surface area contributed by atoms with Crippen LogP contribution in [0.25, 0.3) is 27.8 Å². The standard InChI is InChI=1S/C19H19N7O2S/c27-29(28)25-9-7-24(8-10-25)19-12-16(3-5-20-19)26-18-11-14(17-4-6-21-23-17)1-2-15(18)13-22-26/h1-6,11-13,29H,7-10H2,(H,21,23). The molecule has 4 aromatic rings. The van der Waals surface area contributed by atoms with Gasteiger partial charge in [-0.2, -0.15) is 10.2 Å². The molecule has 0 aliphatic carbocycles. The van der Waals surface area contributed by atoms with E-state index in [0.29, 0.717) is 26.2 Å². The molecule has 5 rings (SSSR count). The monoisotopic (exact) mass is 409 g/mol. The summed E-state index contributed by atoms with van der Waals surface area (Å²) in [7, 11) is -2.52. The van der Waals surface area contributed by atoms with Gasteiger partial charge in [0, 0.05) is 55.6 Å². The minimum Gasteiger partial charge on any atom is -0.354 e. The highest BCUT2D eigenvalue weighted by atomic mass is 32.2. The average Bonchev–Trinajstić information content (AvgIpc) is 3.43. The highest BCUT2D eigenvalue weighted by Gasteiger charge is 2.20. The van der Waals surface area contributed by atoms with Gasteiger partial charge in [0.2, 0.25) is 10.9 Å². The normalized spacial score (nSPS) is 15.4. The largest absolute Gasteiger partial charge is 0.354 e. The van der Waals surface area contributed by atoms with E-state index in [-0.39, 0.29) is 0 Å². The van der Waals surface area contributed by atoms with Gasteiger partial charge in [0.25, 0.3) is 0 Å². The lowest BCUT2D eigenvalue weighted by Gasteiger charge is -2.32. The summed E-state index contributed by atoms with van der Waals surface area (Å²) >= 11 is 0. The van der Waals surface area contributed by atoms with Crippen LogP contribution in [0.3, 0.4) is 0 Å². The molecule has 0 spiro atoms.